The summed E-state index contributed by atoms with van der Waals surface area (Å²) in [5.74, 6) is 1.50. The summed E-state index contributed by atoms with van der Waals surface area (Å²) in [7, 11) is 3.19. The molecular formula is C22H23NO5S. The first kappa shape index (κ1) is 20.7. The molecule has 0 amide bonds. The van der Waals surface area contributed by atoms with Gasteiger partial charge in [-0.3, -0.25) is 0 Å². The molecule has 3 rings (SSSR count). The molecule has 0 aliphatic heterocycles. The number of esters is 1. The minimum Gasteiger partial charge on any atom is -0.493 e. The summed E-state index contributed by atoms with van der Waals surface area (Å²) in [6.45, 7) is 3.98. The van der Waals surface area contributed by atoms with Crippen LogP contribution in [0.15, 0.2) is 41.8 Å². The third kappa shape index (κ3) is 5.26. The molecule has 1 heterocycles. The molecule has 0 radical (unpaired) electrons. The summed E-state index contributed by atoms with van der Waals surface area (Å²) in [6.07, 6.45) is 0. The van der Waals surface area contributed by atoms with Crippen molar-refractivity contribution in [2.45, 2.75) is 20.5 Å². The summed E-state index contributed by atoms with van der Waals surface area (Å²) in [5, 5.41) is 2.67. The van der Waals surface area contributed by atoms with Crippen LogP contribution in [0.25, 0.3) is 10.6 Å². The van der Waals surface area contributed by atoms with E-state index in [0.29, 0.717) is 22.9 Å². The summed E-state index contributed by atoms with van der Waals surface area (Å²) in [5.41, 5.74) is 3.87. The molecule has 2 aromatic carbocycles. The number of aryl methyl sites for hydroxylation is 2. The van der Waals surface area contributed by atoms with Crippen molar-refractivity contribution in [3.63, 3.8) is 0 Å². The zero-order chi connectivity index (χ0) is 20.8. The van der Waals surface area contributed by atoms with Gasteiger partial charge in [0, 0.05) is 10.9 Å². The number of ether oxygens (including phenoxy) is 4. The van der Waals surface area contributed by atoms with E-state index in [1.54, 1.807) is 14.2 Å². The lowest BCUT2D eigenvalue weighted by molar-refractivity contribution is -0.147. The van der Waals surface area contributed by atoms with Crippen LogP contribution in [0.4, 0.5) is 0 Å². The van der Waals surface area contributed by atoms with E-state index in [2.05, 4.69) is 4.98 Å². The van der Waals surface area contributed by atoms with E-state index >= 15 is 0 Å². The minimum atomic E-state index is -0.441. The van der Waals surface area contributed by atoms with Gasteiger partial charge in [-0.05, 0) is 55.3 Å². The van der Waals surface area contributed by atoms with E-state index in [9.17, 15) is 4.79 Å². The number of benzene rings is 2. The van der Waals surface area contributed by atoms with Gasteiger partial charge in [0.25, 0.3) is 0 Å². The molecule has 3 aromatic rings. The van der Waals surface area contributed by atoms with E-state index in [4.69, 9.17) is 18.9 Å². The SMILES string of the molecule is COc1ccc(-c2nc(COC(=O)COc3ccc(C)c(C)c3)cs2)cc1OC. The molecule has 0 fully saturated rings. The Morgan fingerprint density at radius 2 is 1.79 bits per heavy atom. The lowest BCUT2D eigenvalue weighted by Crippen LogP contribution is -2.14. The zero-order valence-corrected chi connectivity index (χ0v) is 17.7. The second-order valence-electron chi connectivity index (χ2n) is 6.41. The molecule has 1 aromatic heterocycles. The van der Waals surface area contributed by atoms with Gasteiger partial charge < -0.3 is 18.9 Å². The molecular weight excluding hydrogens is 390 g/mol. The molecule has 0 N–H and O–H groups in total. The van der Waals surface area contributed by atoms with Crippen LogP contribution in [0.1, 0.15) is 16.8 Å². The highest BCUT2D eigenvalue weighted by Gasteiger charge is 2.11. The van der Waals surface area contributed by atoms with E-state index < -0.39 is 5.97 Å². The predicted molar refractivity (Wildman–Crippen MR) is 112 cm³/mol. The van der Waals surface area contributed by atoms with Crippen LogP contribution in [-0.4, -0.2) is 31.8 Å². The Bertz CT molecular complexity index is 999. The standard InChI is InChI=1S/C22H23NO5S/c1-14-5-7-18(9-15(14)2)27-12-21(24)28-11-17-13-29-22(23-17)16-6-8-19(25-3)20(10-16)26-4/h5-10,13H,11-12H2,1-4H3. The monoisotopic (exact) mass is 413 g/mol. The Balaban J connectivity index is 1.55. The van der Waals surface area contributed by atoms with Crippen LogP contribution in [0.5, 0.6) is 17.2 Å². The number of hydrogen-bond donors (Lipinski definition) is 0. The molecule has 0 aliphatic carbocycles. The van der Waals surface area contributed by atoms with Crippen molar-refractivity contribution in [1.82, 2.24) is 4.98 Å². The highest BCUT2D eigenvalue weighted by molar-refractivity contribution is 7.13. The summed E-state index contributed by atoms with van der Waals surface area (Å²) < 4.78 is 21.3. The van der Waals surface area contributed by atoms with Crippen molar-refractivity contribution >= 4 is 17.3 Å². The van der Waals surface area contributed by atoms with Gasteiger partial charge >= 0.3 is 5.97 Å². The third-order valence-corrected chi connectivity index (χ3v) is 5.34. The van der Waals surface area contributed by atoms with Crippen molar-refractivity contribution < 1.29 is 23.7 Å². The smallest absolute Gasteiger partial charge is 0.344 e. The van der Waals surface area contributed by atoms with E-state index in [-0.39, 0.29) is 13.2 Å². The van der Waals surface area contributed by atoms with Crippen molar-refractivity contribution in [2.75, 3.05) is 20.8 Å². The molecule has 6 nitrogen and oxygen atoms in total. The summed E-state index contributed by atoms with van der Waals surface area (Å²) in [4.78, 5) is 16.5. The number of hydrogen-bond acceptors (Lipinski definition) is 7. The molecule has 0 saturated carbocycles. The second kappa shape index (κ2) is 9.43. The Hall–Kier alpha value is -3.06. The van der Waals surface area contributed by atoms with Crippen LogP contribution in [0.2, 0.25) is 0 Å². The zero-order valence-electron chi connectivity index (χ0n) is 16.9. The van der Waals surface area contributed by atoms with Gasteiger partial charge in [0.05, 0.1) is 19.9 Å². The first-order valence-corrected chi connectivity index (χ1v) is 9.90. The number of nitrogens with zero attached hydrogens (tertiary/aromatic N) is 1. The topological polar surface area (TPSA) is 66.9 Å². The van der Waals surface area contributed by atoms with Gasteiger partial charge in [-0.2, -0.15) is 0 Å². The average Bonchev–Trinajstić information content (AvgIpc) is 3.21. The largest absolute Gasteiger partial charge is 0.493 e. The molecule has 29 heavy (non-hydrogen) atoms. The first-order chi connectivity index (χ1) is 14.0. The lowest BCUT2D eigenvalue weighted by Gasteiger charge is -2.08. The van der Waals surface area contributed by atoms with E-state index in [1.165, 1.54) is 16.9 Å². The molecule has 0 spiro atoms. The Kier molecular flexibility index (Phi) is 6.72. The van der Waals surface area contributed by atoms with Crippen molar-refractivity contribution in [1.29, 1.82) is 0 Å². The average molecular weight is 413 g/mol. The first-order valence-electron chi connectivity index (χ1n) is 9.02. The molecule has 0 aliphatic rings. The maximum absolute atomic E-state index is 12.0. The predicted octanol–water partition coefficient (Wildman–Crippen LogP) is 4.57. The van der Waals surface area contributed by atoms with Crippen LogP contribution in [0.3, 0.4) is 0 Å². The fourth-order valence-corrected chi connectivity index (χ4v) is 3.42. The number of carbonyl (C=O) groups is 1. The Labute approximate surface area is 174 Å². The summed E-state index contributed by atoms with van der Waals surface area (Å²) >= 11 is 1.47. The Morgan fingerprint density at radius 1 is 1.00 bits per heavy atom. The minimum absolute atomic E-state index is 0.0961. The molecule has 0 unspecified atom stereocenters. The van der Waals surface area contributed by atoms with Crippen molar-refractivity contribution in [2.24, 2.45) is 0 Å². The fourth-order valence-electron chi connectivity index (χ4n) is 2.62. The van der Waals surface area contributed by atoms with E-state index in [0.717, 1.165) is 16.1 Å². The van der Waals surface area contributed by atoms with Gasteiger partial charge in [-0.15, -0.1) is 11.3 Å². The Morgan fingerprint density at radius 3 is 2.52 bits per heavy atom. The quantitative estimate of drug-likeness (QED) is 0.504. The third-order valence-electron chi connectivity index (χ3n) is 4.40. The number of rotatable bonds is 8. The molecule has 152 valence electrons. The van der Waals surface area contributed by atoms with Crippen LogP contribution < -0.4 is 14.2 Å². The molecule has 7 heteroatoms. The number of carbonyl (C=O) groups excluding carboxylic acids is 1. The molecule has 0 atom stereocenters. The maximum Gasteiger partial charge on any atom is 0.344 e. The van der Waals surface area contributed by atoms with Crippen molar-refractivity contribution in [3.05, 3.63) is 58.6 Å². The molecule has 0 saturated heterocycles. The van der Waals surface area contributed by atoms with Gasteiger partial charge in [0.2, 0.25) is 0 Å². The highest BCUT2D eigenvalue weighted by atomic mass is 32.1. The van der Waals surface area contributed by atoms with Gasteiger partial charge in [0.15, 0.2) is 18.1 Å². The van der Waals surface area contributed by atoms with Gasteiger partial charge in [-0.1, -0.05) is 6.07 Å². The number of methoxy groups -OCH3 is 2. The van der Waals surface area contributed by atoms with Crippen molar-refractivity contribution in [3.8, 4) is 27.8 Å². The highest BCUT2D eigenvalue weighted by Crippen LogP contribution is 2.33. The van der Waals surface area contributed by atoms with Gasteiger partial charge in [-0.25, -0.2) is 9.78 Å². The second-order valence-corrected chi connectivity index (χ2v) is 7.27. The molecule has 0 bridgehead atoms. The number of aromatic nitrogens is 1. The fraction of sp³-hybridized carbons (Fsp3) is 0.273. The van der Waals surface area contributed by atoms with Crippen LogP contribution >= 0.6 is 11.3 Å². The lowest BCUT2D eigenvalue weighted by atomic mass is 10.1. The maximum atomic E-state index is 12.0. The normalized spacial score (nSPS) is 10.5. The van der Waals surface area contributed by atoms with Crippen LogP contribution in [-0.2, 0) is 16.1 Å². The van der Waals surface area contributed by atoms with Gasteiger partial charge in [0.1, 0.15) is 17.4 Å². The summed E-state index contributed by atoms with van der Waals surface area (Å²) in [6, 6.07) is 11.3. The van der Waals surface area contributed by atoms with E-state index in [1.807, 2.05) is 55.6 Å². The number of thiazole rings is 1. The van der Waals surface area contributed by atoms with Crippen LogP contribution in [0, 0.1) is 13.8 Å².